The highest BCUT2D eigenvalue weighted by Gasteiger charge is 2.31. The van der Waals surface area contributed by atoms with Gasteiger partial charge in [-0.3, -0.25) is 14.9 Å². The van der Waals surface area contributed by atoms with Crippen molar-refractivity contribution in [2.45, 2.75) is 6.10 Å². The van der Waals surface area contributed by atoms with E-state index in [0.29, 0.717) is 12.1 Å². The van der Waals surface area contributed by atoms with Gasteiger partial charge in [0, 0.05) is 19.2 Å². The molecule has 0 N–H and O–H groups in total. The Labute approximate surface area is 123 Å². The fourth-order valence-electron chi connectivity index (χ4n) is 2.03. The quantitative estimate of drug-likeness (QED) is 0.485. The van der Waals surface area contributed by atoms with Crippen molar-refractivity contribution in [3.63, 3.8) is 0 Å². The molecule has 1 fully saturated rings. The third kappa shape index (κ3) is 3.11. The zero-order chi connectivity index (χ0) is 15.6. The number of hydrogen-bond donors (Lipinski definition) is 0. The second kappa shape index (κ2) is 6.31. The van der Waals surface area contributed by atoms with Crippen molar-refractivity contribution < 1.29 is 23.2 Å². The summed E-state index contributed by atoms with van der Waals surface area (Å²) < 4.78 is 32.9. The van der Waals surface area contributed by atoms with Gasteiger partial charge in [-0.1, -0.05) is 0 Å². The minimum absolute atomic E-state index is 0.0733. The number of amides is 1. The predicted molar refractivity (Wildman–Crippen MR) is 69.4 cm³/mol. The average molecular weight is 321 g/mol. The third-order valence-corrected chi connectivity index (χ3v) is 3.42. The zero-order valence-corrected chi connectivity index (χ0v) is 11.5. The molecule has 0 aliphatic carbocycles. The molecule has 0 spiro atoms. The van der Waals surface area contributed by atoms with Crippen LogP contribution in [0.2, 0.25) is 0 Å². The van der Waals surface area contributed by atoms with Crippen LogP contribution in [0.15, 0.2) is 12.1 Å². The molecule has 0 saturated carbocycles. The number of benzene rings is 1. The molecule has 1 heterocycles. The molecule has 1 aliphatic rings. The Morgan fingerprint density at radius 3 is 2.86 bits per heavy atom. The van der Waals surface area contributed by atoms with E-state index in [2.05, 4.69) is 0 Å². The summed E-state index contributed by atoms with van der Waals surface area (Å²) in [6, 6.07) is 1.39. The smallest absolute Gasteiger partial charge is 0.305 e. The Hall–Kier alpha value is -1.80. The fourth-order valence-corrected chi connectivity index (χ4v) is 2.22. The highest BCUT2D eigenvalue weighted by Crippen LogP contribution is 2.25. The first-order chi connectivity index (χ1) is 9.95. The van der Waals surface area contributed by atoms with Crippen LogP contribution in [0.4, 0.5) is 14.5 Å². The van der Waals surface area contributed by atoms with E-state index in [1.54, 1.807) is 0 Å². The van der Waals surface area contributed by atoms with E-state index in [9.17, 15) is 23.7 Å². The van der Waals surface area contributed by atoms with Gasteiger partial charge in [0.2, 0.25) is 5.82 Å². The van der Waals surface area contributed by atoms with Gasteiger partial charge < -0.3 is 9.64 Å². The molecular weight excluding hydrogens is 310 g/mol. The van der Waals surface area contributed by atoms with Crippen molar-refractivity contribution in [1.29, 1.82) is 0 Å². The molecule has 0 radical (unpaired) electrons. The van der Waals surface area contributed by atoms with Crippen molar-refractivity contribution in [2.24, 2.45) is 0 Å². The number of ether oxygens (including phenoxy) is 1. The Kier molecular flexibility index (Phi) is 4.69. The van der Waals surface area contributed by atoms with E-state index in [1.807, 2.05) is 0 Å². The molecule has 0 bridgehead atoms. The molecule has 9 heteroatoms. The van der Waals surface area contributed by atoms with E-state index >= 15 is 0 Å². The number of nitro groups is 1. The maximum absolute atomic E-state index is 14.0. The highest BCUT2D eigenvalue weighted by molar-refractivity contribution is 6.18. The number of nitro benzene ring substituents is 1. The lowest BCUT2D eigenvalue weighted by atomic mass is 10.1. The number of morpholine rings is 1. The van der Waals surface area contributed by atoms with Gasteiger partial charge in [0.05, 0.1) is 23.5 Å². The Morgan fingerprint density at radius 1 is 1.52 bits per heavy atom. The van der Waals surface area contributed by atoms with Gasteiger partial charge in [-0.2, -0.15) is 4.39 Å². The fraction of sp³-hybridized carbons (Fsp3) is 0.417. The Morgan fingerprint density at radius 2 is 2.24 bits per heavy atom. The molecule has 1 unspecified atom stereocenters. The van der Waals surface area contributed by atoms with E-state index < -0.39 is 39.8 Å². The minimum Gasteiger partial charge on any atom is -0.373 e. The van der Waals surface area contributed by atoms with Crippen LogP contribution in [0, 0.1) is 21.7 Å². The number of rotatable bonds is 3. The summed E-state index contributed by atoms with van der Waals surface area (Å²) in [7, 11) is 0. The molecule has 0 aromatic heterocycles. The second-order valence-electron chi connectivity index (χ2n) is 4.41. The van der Waals surface area contributed by atoms with Gasteiger partial charge in [-0.25, -0.2) is 4.39 Å². The number of hydrogen-bond acceptors (Lipinski definition) is 4. The second-order valence-corrected chi connectivity index (χ2v) is 4.72. The predicted octanol–water partition coefficient (Wildman–Crippen LogP) is 1.95. The van der Waals surface area contributed by atoms with Crippen molar-refractivity contribution in [3.05, 3.63) is 39.4 Å². The lowest BCUT2D eigenvalue weighted by molar-refractivity contribution is -0.387. The number of nitrogens with zero attached hydrogens (tertiary/aromatic N) is 2. The van der Waals surface area contributed by atoms with Gasteiger partial charge in [-0.05, 0) is 6.07 Å². The van der Waals surface area contributed by atoms with Crippen molar-refractivity contribution in [2.75, 3.05) is 25.6 Å². The van der Waals surface area contributed by atoms with Gasteiger partial charge in [-0.15, -0.1) is 11.6 Å². The largest absolute Gasteiger partial charge is 0.373 e. The van der Waals surface area contributed by atoms with Gasteiger partial charge >= 0.3 is 5.69 Å². The first kappa shape index (κ1) is 15.6. The van der Waals surface area contributed by atoms with E-state index in [1.165, 1.54) is 4.90 Å². The molecule has 1 amide bonds. The van der Waals surface area contributed by atoms with Gasteiger partial charge in [0.25, 0.3) is 5.91 Å². The molecule has 1 aromatic carbocycles. The first-order valence-electron chi connectivity index (χ1n) is 6.05. The molecule has 1 aromatic rings. The molecule has 1 atom stereocenters. The summed E-state index contributed by atoms with van der Waals surface area (Å²) in [6.07, 6.45) is -0.436. The molecule has 1 saturated heterocycles. The number of carbonyl (C=O) groups is 1. The Balaban J connectivity index is 2.34. The molecule has 2 rings (SSSR count). The topological polar surface area (TPSA) is 72.7 Å². The van der Waals surface area contributed by atoms with Crippen LogP contribution in [-0.2, 0) is 4.74 Å². The lowest BCUT2D eigenvalue weighted by Gasteiger charge is -2.32. The van der Waals surface area contributed by atoms with Crippen LogP contribution < -0.4 is 0 Å². The van der Waals surface area contributed by atoms with Crippen LogP contribution >= 0.6 is 11.6 Å². The summed E-state index contributed by atoms with van der Waals surface area (Å²) in [5, 5.41) is 10.7. The van der Waals surface area contributed by atoms with Crippen LogP contribution in [-0.4, -0.2) is 47.4 Å². The third-order valence-electron chi connectivity index (χ3n) is 3.08. The van der Waals surface area contributed by atoms with Crippen molar-refractivity contribution in [1.82, 2.24) is 4.90 Å². The number of alkyl halides is 1. The molecule has 1 aliphatic heterocycles. The van der Waals surface area contributed by atoms with Crippen molar-refractivity contribution >= 4 is 23.2 Å². The summed E-state index contributed by atoms with van der Waals surface area (Å²) in [5.74, 6) is -3.44. The maximum atomic E-state index is 14.0. The lowest BCUT2D eigenvalue weighted by Crippen LogP contribution is -2.46. The summed E-state index contributed by atoms with van der Waals surface area (Å²) in [4.78, 5) is 23.0. The monoisotopic (exact) mass is 320 g/mol. The van der Waals surface area contributed by atoms with Crippen LogP contribution in [0.1, 0.15) is 10.4 Å². The van der Waals surface area contributed by atoms with E-state index in [-0.39, 0.29) is 25.6 Å². The van der Waals surface area contributed by atoms with Gasteiger partial charge in [0.15, 0.2) is 0 Å². The molecule has 114 valence electrons. The SMILES string of the molecule is O=C(c1c(F)ccc([N+](=O)[O-])c1F)N1CCOC(CCl)C1. The summed E-state index contributed by atoms with van der Waals surface area (Å²) >= 11 is 5.63. The van der Waals surface area contributed by atoms with Crippen LogP contribution in [0.25, 0.3) is 0 Å². The minimum atomic E-state index is -1.47. The zero-order valence-electron chi connectivity index (χ0n) is 10.7. The highest BCUT2D eigenvalue weighted by atomic mass is 35.5. The van der Waals surface area contributed by atoms with Gasteiger partial charge in [0.1, 0.15) is 11.4 Å². The maximum Gasteiger partial charge on any atom is 0.305 e. The van der Waals surface area contributed by atoms with Crippen LogP contribution in [0.5, 0.6) is 0 Å². The van der Waals surface area contributed by atoms with E-state index in [0.717, 1.165) is 0 Å². The molecule has 21 heavy (non-hydrogen) atoms. The number of halogens is 3. The molecular formula is C12H11ClF2N2O4. The van der Waals surface area contributed by atoms with E-state index in [4.69, 9.17) is 16.3 Å². The van der Waals surface area contributed by atoms with Crippen LogP contribution in [0.3, 0.4) is 0 Å². The molecule has 6 nitrogen and oxygen atoms in total. The Bertz CT molecular complexity index is 585. The summed E-state index contributed by atoms with van der Waals surface area (Å²) in [5.41, 5.74) is -1.87. The van der Waals surface area contributed by atoms with Crippen molar-refractivity contribution in [3.8, 4) is 0 Å². The first-order valence-corrected chi connectivity index (χ1v) is 6.58. The standard InChI is InChI=1S/C12H11ClF2N2O4/c13-5-7-6-16(3-4-21-7)12(18)10-8(14)1-2-9(11(10)15)17(19)20/h1-2,7H,3-6H2. The summed E-state index contributed by atoms with van der Waals surface area (Å²) in [6.45, 7) is 0.388. The normalized spacial score (nSPS) is 18.6. The average Bonchev–Trinajstić information content (AvgIpc) is 2.46. The number of carbonyl (C=O) groups excluding carboxylic acids is 1.